The summed E-state index contributed by atoms with van der Waals surface area (Å²) >= 11 is 26.6. The third kappa shape index (κ3) is 7.61. The minimum atomic E-state index is -0.879. The molecule has 2 aromatic carbocycles. The van der Waals surface area contributed by atoms with E-state index in [0.717, 1.165) is 43.2 Å². The van der Waals surface area contributed by atoms with Crippen molar-refractivity contribution in [1.29, 1.82) is 0 Å². The van der Waals surface area contributed by atoms with Crippen LogP contribution in [0.25, 0.3) is 0 Å². The van der Waals surface area contributed by atoms with E-state index >= 15 is 0 Å². The fraction of sp³-hybridized carbons (Fsp3) is 0.500. The molecule has 0 heterocycles. The van der Waals surface area contributed by atoms with Crippen molar-refractivity contribution in [2.24, 2.45) is 5.92 Å². The van der Waals surface area contributed by atoms with Crippen LogP contribution < -0.4 is 9.47 Å². The van der Waals surface area contributed by atoms with Gasteiger partial charge in [0.1, 0.15) is 19.3 Å². The molecule has 1 saturated carbocycles. The Bertz CT molecular complexity index is 1050. The monoisotopic (exact) mass is 588 g/mol. The van der Waals surface area contributed by atoms with E-state index in [4.69, 9.17) is 67.0 Å². The van der Waals surface area contributed by atoms with Crippen LogP contribution in [0.4, 0.5) is 0 Å². The first-order chi connectivity index (χ1) is 17.7. The molecule has 3 rings (SSSR count). The van der Waals surface area contributed by atoms with Gasteiger partial charge in [0.2, 0.25) is 0 Å². The van der Waals surface area contributed by atoms with Crippen molar-refractivity contribution in [3.63, 3.8) is 0 Å². The van der Waals surface area contributed by atoms with E-state index < -0.39 is 11.5 Å². The minimum Gasteiger partial charge on any atom is -0.490 e. The zero-order valence-corrected chi connectivity index (χ0v) is 23.8. The molecule has 1 fully saturated rings. The molecule has 2 atom stereocenters. The van der Waals surface area contributed by atoms with Crippen molar-refractivity contribution in [1.82, 2.24) is 0 Å². The van der Waals surface area contributed by atoms with Crippen molar-refractivity contribution in [2.45, 2.75) is 50.5 Å². The minimum absolute atomic E-state index is 0.0101. The maximum absolute atomic E-state index is 10.1. The molecule has 1 aliphatic carbocycles. The Balaban J connectivity index is 1.90. The maximum Gasteiger partial charge on any atom is 0.156 e. The second-order valence-electron chi connectivity index (χ2n) is 9.46. The van der Waals surface area contributed by atoms with Gasteiger partial charge in [0.25, 0.3) is 0 Å². The summed E-state index contributed by atoms with van der Waals surface area (Å²) in [6.07, 6.45) is 9.20. The lowest BCUT2D eigenvalue weighted by molar-refractivity contribution is 0.0229. The third-order valence-corrected chi connectivity index (χ3v) is 7.67. The lowest BCUT2D eigenvalue weighted by Crippen LogP contribution is -2.31. The number of aliphatic hydroxyl groups is 2. The molecule has 5 nitrogen and oxygen atoms in total. The van der Waals surface area contributed by atoms with Crippen LogP contribution in [0.15, 0.2) is 24.3 Å². The van der Waals surface area contributed by atoms with Crippen LogP contribution in [0.3, 0.4) is 0 Å². The normalized spacial score (nSPS) is 16.6. The number of halogens is 4. The molecule has 1 aliphatic rings. The Kier molecular flexibility index (Phi) is 11.5. The topological polar surface area (TPSA) is 68.2 Å². The predicted molar refractivity (Wildman–Crippen MR) is 150 cm³/mol. The first-order valence-electron chi connectivity index (χ1n) is 12.3. The van der Waals surface area contributed by atoms with Gasteiger partial charge < -0.3 is 24.4 Å². The Morgan fingerprint density at radius 3 is 1.81 bits per heavy atom. The van der Waals surface area contributed by atoms with Crippen molar-refractivity contribution in [2.75, 3.05) is 33.0 Å². The maximum atomic E-state index is 10.1. The average molecular weight is 590 g/mol. The van der Waals surface area contributed by atoms with E-state index in [0.29, 0.717) is 38.2 Å². The molecule has 0 amide bonds. The summed E-state index contributed by atoms with van der Waals surface area (Å²) in [6.45, 7) is 2.30. The molecule has 9 heteroatoms. The fourth-order valence-electron chi connectivity index (χ4n) is 4.61. The lowest BCUT2D eigenvalue weighted by Gasteiger charge is -2.39. The smallest absolute Gasteiger partial charge is 0.156 e. The molecule has 37 heavy (non-hydrogen) atoms. The van der Waals surface area contributed by atoms with Gasteiger partial charge in [-0.1, -0.05) is 78.5 Å². The van der Waals surface area contributed by atoms with Gasteiger partial charge in [-0.15, -0.1) is 6.42 Å². The molecule has 0 radical (unpaired) electrons. The van der Waals surface area contributed by atoms with Crippen molar-refractivity contribution >= 4 is 46.4 Å². The summed E-state index contributed by atoms with van der Waals surface area (Å²) in [7, 11) is 0. The lowest BCUT2D eigenvalue weighted by atomic mass is 9.65. The van der Waals surface area contributed by atoms with Gasteiger partial charge in [-0.25, -0.2) is 0 Å². The molecular weight excluding hydrogens is 558 g/mol. The number of ether oxygens (including phenoxy) is 3. The Labute approximate surface area is 238 Å². The highest BCUT2D eigenvalue weighted by Gasteiger charge is 2.38. The number of rotatable bonds is 12. The van der Waals surface area contributed by atoms with E-state index in [-0.39, 0.29) is 32.3 Å². The van der Waals surface area contributed by atoms with Crippen molar-refractivity contribution in [3.8, 4) is 23.8 Å². The molecule has 0 bridgehead atoms. The van der Waals surface area contributed by atoms with E-state index in [2.05, 4.69) is 5.92 Å². The molecule has 2 unspecified atom stereocenters. The predicted octanol–water partition coefficient (Wildman–Crippen LogP) is 6.95. The van der Waals surface area contributed by atoms with E-state index in [9.17, 15) is 10.2 Å². The molecule has 0 spiro atoms. The van der Waals surface area contributed by atoms with Crippen LogP contribution in [0, 0.1) is 18.3 Å². The number of hydrogen-bond acceptors (Lipinski definition) is 5. The highest BCUT2D eigenvalue weighted by Crippen LogP contribution is 2.50. The van der Waals surface area contributed by atoms with Gasteiger partial charge in [-0.3, -0.25) is 0 Å². The standard InChI is InChI=1S/C28H32Cl4O5/c1-3-9-35-16-21(34)17-37-27-24(31)12-20(13-25(27)32)28(7-5-4-6-8-28)19-10-22(29)26(23(30)11-19)36-15-18(2)14-33/h1,10-13,18,21,33-34H,4-9,14-17H2,2H3. The highest BCUT2D eigenvalue weighted by atomic mass is 35.5. The van der Waals surface area contributed by atoms with Crippen LogP contribution >= 0.6 is 46.4 Å². The van der Waals surface area contributed by atoms with Crippen molar-refractivity contribution < 1.29 is 24.4 Å². The van der Waals surface area contributed by atoms with E-state index in [1.165, 1.54) is 0 Å². The van der Waals surface area contributed by atoms with Gasteiger partial charge in [-0.2, -0.15) is 0 Å². The largest absolute Gasteiger partial charge is 0.490 e. The quantitative estimate of drug-likeness (QED) is 0.207. The highest BCUT2D eigenvalue weighted by molar-refractivity contribution is 6.38. The fourth-order valence-corrected chi connectivity index (χ4v) is 5.80. The van der Waals surface area contributed by atoms with Gasteiger partial charge in [-0.05, 0) is 48.2 Å². The number of hydrogen-bond donors (Lipinski definition) is 2. The molecular formula is C28H32Cl4O5. The zero-order chi connectivity index (χ0) is 27.0. The molecule has 0 aliphatic heterocycles. The summed E-state index contributed by atoms with van der Waals surface area (Å²) < 4.78 is 16.7. The summed E-state index contributed by atoms with van der Waals surface area (Å²) in [5.41, 5.74) is 1.52. The summed E-state index contributed by atoms with van der Waals surface area (Å²) in [5.74, 6) is 3.00. The SMILES string of the molecule is C#CCOCC(O)COc1c(Cl)cc(C2(c3cc(Cl)c(OCC(C)CO)c(Cl)c3)CCCCC2)cc1Cl. The number of aliphatic hydroxyl groups excluding tert-OH is 2. The summed E-state index contributed by atoms with van der Waals surface area (Å²) in [4.78, 5) is 0. The number of terminal acetylenes is 1. The molecule has 0 aromatic heterocycles. The van der Waals surface area contributed by atoms with E-state index in [1.807, 2.05) is 31.2 Å². The van der Waals surface area contributed by atoms with Crippen LogP contribution in [-0.2, 0) is 10.2 Å². The van der Waals surface area contributed by atoms with Crippen LogP contribution in [-0.4, -0.2) is 49.4 Å². The number of benzene rings is 2. The van der Waals surface area contributed by atoms with Crippen LogP contribution in [0.2, 0.25) is 20.1 Å². The van der Waals surface area contributed by atoms with Crippen LogP contribution in [0.5, 0.6) is 11.5 Å². The summed E-state index contributed by atoms with van der Waals surface area (Å²) in [6, 6.07) is 7.53. The van der Waals surface area contributed by atoms with Gasteiger partial charge >= 0.3 is 0 Å². The van der Waals surface area contributed by atoms with Crippen LogP contribution in [0.1, 0.15) is 50.2 Å². The average Bonchev–Trinajstić information content (AvgIpc) is 2.87. The van der Waals surface area contributed by atoms with Gasteiger partial charge in [0.05, 0.1) is 33.3 Å². The van der Waals surface area contributed by atoms with Gasteiger partial charge in [0, 0.05) is 17.9 Å². The Morgan fingerprint density at radius 2 is 1.35 bits per heavy atom. The van der Waals surface area contributed by atoms with E-state index in [1.54, 1.807) is 0 Å². The summed E-state index contributed by atoms with van der Waals surface area (Å²) in [5, 5.41) is 20.9. The second-order valence-corrected chi connectivity index (χ2v) is 11.1. The second kappa shape index (κ2) is 14.1. The molecule has 2 N–H and O–H groups in total. The van der Waals surface area contributed by atoms with Gasteiger partial charge in [0.15, 0.2) is 11.5 Å². The first-order valence-corrected chi connectivity index (χ1v) is 13.8. The third-order valence-electron chi connectivity index (χ3n) is 6.55. The first kappa shape index (κ1) is 30.2. The Morgan fingerprint density at radius 1 is 0.865 bits per heavy atom. The molecule has 2 aromatic rings. The van der Waals surface area contributed by atoms with Crippen molar-refractivity contribution in [3.05, 3.63) is 55.5 Å². The zero-order valence-electron chi connectivity index (χ0n) is 20.7. The molecule has 202 valence electrons. The Hall–Kier alpha value is -1.36. The molecule has 0 saturated heterocycles.